The van der Waals surface area contributed by atoms with E-state index in [1.807, 2.05) is 24.3 Å². The fourth-order valence-corrected chi connectivity index (χ4v) is 1.46. The zero-order chi connectivity index (χ0) is 10.8. The van der Waals surface area contributed by atoms with Gasteiger partial charge in [-0.15, -0.1) is 0 Å². The molecule has 1 heterocycles. The van der Waals surface area contributed by atoms with Crippen LogP contribution in [0.15, 0.2) is 34.9 Å². The minimum absolute atomic E-state index is 0.137. The highest BCUT2D eigenvalue weighted by molar-refractivity contribution is 5.87. The maximum atomic E-state index is 11.4. The second kappa shape index (κ2) is 3.74. The van der Waals surface area contributed by atoms with Gasteiger partial charge >= 0.3 is 0 Å². The predicted molar refractivity (Wildman–Crippen MR) is 56.9 cm³/mol. The summed E-state index contributed by atoms with van der Waals surface area (Å²) in [6.07, 6.45) is 1.87. The van der Waals surface area contributed by atoms with Gasteiger partial charge in [0.2, 0.25) is 5.91 Å². The Kier molecular flexibility index (Phi) is 2.43. The fraction of sp³-hybridized carbons (Fsp3) is 0.182. The lowest BCUT2D eigenvalue weighted by Crippen LogP contribution is -2.34. The van der Waals surface area contributed by atoms with Gasteiger partial charge in [0.05, 0.1) is 12.7 Å². The predicted octanol–water partition coefficient (Wildman–Crippen LogP) is 1.31. The van der Waals surface area contributed by atoms with Crippen molar-refractivity contribution < 1.29 is 9.21 Å². The maximum absolute atomic E-state index is 11.4. The van der Waals surface area contributed by atoms with Gasteiger partial charge in [0.1, 0.15) is 5.58 Å². The Balaban J connectivity index is 2.33. The van der Waals surface area contributed by atoms with Crippen LogP contribution in [0.5, 0.6) is 0 Å². The second-order valence-corrected chi connectivity index (χ2v) is 3.44. The number of carbonyl (C=O) groups excluding carboxylic acids is 1. The van der Waals surface area contributed by atoms with Crippen molar-refractivity contribution in [1.29, 1.82) is 0 Å². The number of amides is 1. The zero-order valence-corrected chi connectivity index (χ0v) is 8.43. The number of furan rings is 1. The van der Waals surface area contributed by atoms with Crippen LogP contribution in [-0.4, -0.2) is 18.0 Å². The molecular weight excluding hydrogens is 192 g/mol. The molecule has 0 aliphatic heterocycles. The Hall–Kier alpha value is -1.81. The maximum Gasteiger partial charge on any atom is 0.240 e. The minimum Gasteiger partial charge on any atom is -0.464 e. The molecule has 1 amide bonds. The summed E-state index contributed by atoms with van der Waals surface area (Å²) >= 11 is 0. The molecule has 2 aromatic rings. The van der Waals surface area contributed by atoms with Gasteiger partial charge in [-0.2, -0.15) is 0 Å². The van der Waals surface area contributed by atoms with Crippen molar-refractivity contribution in [2.45, 2.75) is 6.42 Å². The smallest absolute Gasteiger partial charge is 0.240 e. The average molecular weight is 204 g/mol. The van der Waals surface area contributed by atoms with Crippen molar-refractivity contribution >= 4 is 16.9 Å². The van der Waals surface area contributed by atoms with Gasteiger partial charge in [0.15, 0.2) is 0 Å². The summed E-state index contributed by atoms with van der Waals surface area (Å²) in [4.78, 5) is 11.4. The molecule has 0 saturated heterocycles. The standard InChI is InChI=1S/C11H12N2O2/c1-13(12)11(14)6-8-7-15-10-5-3-2-4-9(8)10/h2-5,7H,6,12H2,1H3. The Morgan fingerprint density at radius 1 is 1.47 bits per heavy atom. The van der Waals surface area contributed by atoms with Crippen LogP contribution in [0.2, 0.25) is 0 Å². The summed E-state index contributed by atoms with van der Waals surface area (Å²) in [7, 11) is 1.53. The third kappa shape index (κ3) is 1.85. The van der Waals surface area contributed by atoms with Gasteiger partial charge in [-0.1, -0.05) is 18.2 Å². The lowest BCUT2D eigenvalue weighted by atomic mass is 10.1. The highest BCUT2D eigenvalue weighted by atomic mass is 16.3. The van der Waals surface area contributed by atoms with Crippen molar-refractivity contribution in [3.8, 4) is 0 Å². The van der Waals surface area contributed by atoms with Gasteiger partial charge in [-0.05, 0) is 6.07 Å². The molecular formula is C11H12N2O2. The fourth-order valence-electron chi connectivity index (χ4n) is 1.46. The first-order valence-corrected chi connectivity index (χ1v) is 4.65. The van der Waals surface area contributed by atoms with Crippen molar-refractivity contribution in [3.63, 3.8) is 0 Å². The quantitative estimate of drug-likeness (QED) is 0.456. The Bertz CT molecular complexity index is 488. The SMILES string of the molecule is CN(N)C(=O)Cc1coc2ccccc12. The number of hydrazine groups is 1. The molecule has 0 saturated carbocycles. The number of fused-ring (bicyclic) bond motifs is 1. The molecule has 4 heteroatoms. The first-order valence-electron chi connectivity index (χ1n) is 4.65. The third-order valence-corrected chi connectivity index (χ3v) is 2.30. The number of likely N-dealkylation sites (N-methyl/N-ethyl adjacent to an activating group) is 1. The number of para-hydroxylation sites is 1. The number of nitrogens with zero attached hydrogens (tertiary/aromatic N) is 1. The molecule has 1 aromatic carbocycles. The summed E-state index contributed by atoms with van der Waals surface area (Å²) < 4.78 is 5.32. The molecule has 2 rings (SSSR count). The van der Waals surface area contributed by atoms with Gasteiger partial charge in [0.25, 0.3) is 0 Å². The largest absolute Gasteiger partial charge is 0.464 e. The van der Waals surface area contributed by atoms with Crippen molar-refractivity contribution in [2.75, 3.05) is 7.05 Å². The third-order valence-electron chi connectivity index (χ3n) is 2.30. The van der Waals surface area contributed by atoms with E-state index < -0.39 is 0 Å². The molecule has 0 fully saturated rings. The molecule has 1 aromatic heterocycles. The van der Waals surface area contributed by atoms with E-state index in [-0.39, 0.29) is 12.3 Å². The molecule has 15 heavy (non-hydrogen) atoms. The molecule has 0 aliphatic carbocycles. The molecule has 78 valence electrons. The Morgan fingerprint density at radius 3 is 2.93 bits per heavy atom. The lowest BCUT2D eigenvalue weighted by molar-refractivity contribution is -0.129. The Labute approximate surface area is 87.2 Å². The molecule has 2 N–H and O–H groups in total. The van der Waals surface area contributed by atoms with Crippen LogP contribution in [0.3, 0.4) is 0 Å². The van der Waals surface area contributed by atoms with E-state index in [1.165, 1.54) is 7.05 Å². The highest BCUT2D eigenvalue weighted by Gasteiger charge is 2.11. The van der Waals surface area contributed by atoms with E-state index in [4.69, 9.17) is 10.3 Å². The molecule has 4 nitrogen and oxygen atoms in total. The van der Waals surface area contributed by atoms with Crippen LogP contribution in [0.4, 0.5) is 0 Å². The summed E-state index contributed by atoms with van der Waals surface area (Å²) in [5, 5.41) is 2.05. The zero-order valence-electron chi connectivity index (χ0n) is 8.43. The van der Waals surface area contributed by atoms with Crippen LogP contribution in [0.1, 0.15) is 5.56 Å². The summed E-state index contributed by atoms with van der Waals surface area (Å²) in [6.45, 7) is 0. The molecule has 0 spiro atoms. The van der Waals surface area contributed by atoms with Crippen LogP contribution in [-0.2, 0) is 11.2 Å². The number of benzene rings is 1. The number of hydrogen-bond donors (Lipinski definition) is 1. The number of carbonyl (C=O) groups is 1. The van der Waals surface area contributed by atoms with Crippen LogP contribution >= 0.6 is 0 Å². The summed E-state index contributed by atoms with van der Waals surface area (Å²) in [6, 6.07) is 7.61. The second-order valence-electron chi connectivity index (χ2n) is 3.44. The summed E-state index contributed by atoms with van der Waals surface area (Å²) in [5.74, 6) is 5.21. The molecule has 0 unspecified atom stereocenters. The first-order chi connectivity index (χ1) is 7.18. The van der Waals surface area contributed by atoms with Crippen LogP contribution in [0.25, 0.3) is 11.0 Å². The van der Waals surface area contributed by atoms with E-state index in [1.54, 1.807) is 6.26 Å². The van der Waals surface area contributed by atoms with E-state index in [9.17, 15) is 4.79 Å². The van der Waals surface area contributed by atoms with E-state index in [0.717, 1.165) is 21.5 Å². The van der Waals surface area contributed by atoms with Crippen molar-refractivity contribution in [2.24, 2.45) is 5.84 Å². The van der Waals surface area contributed by atoms with E-state index >= 15 is 0 Å². The van der Waals surface area contributed by atoms with Crippen LogP contribution < -0.4 is 5.84 Å². The summed E-state index contributed by atoms with van der Waals surface area (Å²) in [5.41, 5.74) is 1.66. The van der Waals surface area contributed by atoms with Gasteiger partial charge in [0, 0.05) is 18.0 Å². The topological polar surface area (TPSA) is 59.5 Å². The minimum atomic E-state index is -0.137. The monoisotopic (exact) mass is 204 g/mol. The Morgan fingerprint density at radius 2 is 2.20 bits per heavy atom. The van der Waals surface area contributed by atoms with Crippen molar-refractivity contribution in [3.05, 3.63) is 36.1 Å². The first kappa shape index (κ1) is 9.73. The van der Waals surface area contributed by atoms with Crippen molar-refractivity contribution in [1.82, 2.24) is 5.01 Å². The lowest BCUT2D eigenvalue weighted by Gasteiger charge is -2.08. The van der Waals surface area contributed by atoms with E-state index in [0.29, 0.717) is 0 Å². The molecule has 0 radical (unpaired) electrons. The number of hydrogen-bond acceptors (Lipinski definition) is 3. The number of nitrogens with two attached hydrogens (primary N) is 1. The van der Waals surface area contributed by atoms with Gasteiger partial charge < -0.3 is 4.42 Å². The normalized spacial score (nSPS) is 10.5. The molecule has 0 atom stereocenters. The average Bonchev–Trinajstić information content (AvgIpc) is 2.62. The molecule has 0 aliphatic rings. The number of rotatable bonds is 2. The van der Waals surface area contributed by atoms with Gasteiger partial charge in [-0.25, -0.2) is 5.84 Å². The van der Waals surface area contributed by atoms with Crippen LogP contribution in [0, 0.1) is 0 Å². The van der Waals surface area contributed by atoms with Gasteiger partial charge in [-0.3, -0.25) is 9.80 Å². The highest BCUT2D eigenvalue weighted by Crippen LogP contribution is 2.21. The molecule has 0 bridgehead atoms. The van der Waals surface area contributed by atoms with E-state index in [2.05, 4.69) is 0 Å².